The average molecular weight is 606 g/mol. The van der Waals surface area contributed by atoms with Crippen molar-refractivity contribution in [1.82, 2.24) is 14.5 Å². The maximum atomic E-state index is 11.7. The fourth-order valence-electron chi connectivity index (χ4n) is 7.03. The van der Waals surface area contributed by atoms with Crippen LogP contribution in [0.2, 0.25) is 0 Å². The molecule has 2 heterocycles. The molecule has 46 heavy (non-hydrogen) atoms. The van der Waals surface area contributed by atoms with Crippen molar-refractivity contribution in [3.8, 4) is 45.2 Å². The van der Waals surface area contributed by atoms with Gasteiger partial charge >= 0.3 is 0 Å². The standard InChI is InChI=1S/C42H43N3O/c1-40(2,3)29-23-27(22-28(24-29)35-17-11-12-21-43-35)31-16-13-18-36-38(31)44-39(45(36)30-14-9-8-10-15-30)32-25-33-34(26-37(32)46)42(6,7)20-19-41(33,4)5/h8-18,21-26,46H,19-20H2,1-7H3. The van der Waals surface area contributed by atoms with Crippen LogP contribution in [-0.2, 0) is 16.2 Å². The summed E-state index contributed by atoms with van der Waals surface area (Å²) >= 11 is 0. The summed E-state index contributed by atoms with van der Waals surface area (Å²) in [5.74, 6) is 1.01. The van der Waals surface area contributed by atoms with E-state index in [0.29, 0.717) is 0 Å². The number of rotatable bonds is 4. The van der Waals surface area contributed by atoms with E-state index in [1.165, 1.54) is 16.7 Å². The lowest BCUT2D eigenvalue weighted by Crippen LogP contribution is -2.33. The second-order valence-electron chi connectivity index (χ2n) is 15.2. The lowest BCUT2D eigenvalue weighted by Gasteiger charge is -2.42. The maximum Gasteiger partial charge on any atom is 0.149 e. The third-order valence-electron chi connectivity index (χ3n) is 9.98. The van der Waals surface area contributed by atoms with Crippen LogP contribution in [0.25, 0.3) is 50.5 Å². The minimum Gasteiger partial charge on any atom is -0.507 e. The van der Waals surface area contributed by atoms with Gasteiger partial charge in [0.2, 0.25) is 0 Å². The summed E-state index contributed by atoms with van der Waals surface area (Å²) in [7, 11) is 0. The number of aromatic hydroxyl groups is 1. The van der Waals surface area contributed by atoms with Gasteiger partial charge in [-0.3, -0.25) is 9.55 Å². The molecule has 7 rings (SSSR count). The van der Waals surface area contributed by atoms with Gasteiger partial charge in [0.15, 0.2) is 0 Å². The van der Waals surface area contributed by atoms with Crippen LogP contribution in [0.4, 0.5) is 0 Å². The first-order valence-electron chi connectivity index (χ1n) is 16.4. The number of nitrogens with zero attached hydrogens (tertiary/aromatic N) is 3. The molecule has 4 aromatic carbocycles. The predicted octanol–water partition coefficient (Wildman–Crippen LogP) is 10.8. The Bertz CT molecular complexity index is 2080. The monoisotopic (exact) mass is 605 g/mol. The van der Waals surface area contributed by atoms with E-state index in [4.69, 9.17) is 4.98 Å². The lowest BCUT2D eigenvalue weighted by molar-refractivity contribution is 0.330. The summed E-state index contributed by atoms with van der Waals surface area (Å²) in [5, 5.41) is 11.7. The number of hydrogen-bond donors (Lipinski definition) is 1. The Kier molecular flexibility index (Phi) is 6.97. The van der Waals surface area contributed by atoms with Crippen molar-refractivity contribution < 1.29 is 5.11 Å². The molecular formula is C42H43N3O. The number of phenols is 1. The van der Waals surface area contributed by atoms with Gasteiger partial charge in [-0.05, 0) is 106 Å². The molecule has 4 nitrogen and oxygen atoms in total. The molecule has 1 N–H and O–H groups in total. The molecule has 232 valence electrons. The molecule has 0 fully saturated rings. The predicted molar refractivity (Wildman–Crippen MR) is 191 cm³/mol. The topological polar surface area (TPSA) is 50.9 Å². The zero-order chi connectivity index (χ0) is 32.4. The molecule has 0 unspecified atom stereocenters. The Hall–Kier alpha value is -4.70. The van der Waals surface area contributed by atoms with E-state index in [1.807, 2.05) is 30.5 Å². The minimum atomic E-state index is -0.0580. The highest BCUT2D eigenvalue weighted by molar-refractivity contribution is 5.96. The quantitative estimate of drug-likeness (QED) is 0.217. The molecule has 1 aliphatic rings. The first kappa shape index (κ1) is 30.0. The average Bonchev–Trinajstić information content (AvgIpc) is 3.43. The van der Waals surface area contributed by atoms with Crippen molar-refractivity contribution in [2.45, 2.75) is 77.6 Å². The second kappa shape index (κ2) is 10.7. The van der Waals surface area contributed by atoms with E-state index in [0.717, 1.165) is 63.3 Å². The zero-order valence-corrected chi connectivity index (χ0v) is 28.0. The summed E-state index contributed by atoms with van der Waals surface area (Å²) < 4.78 is 2.20. The second-order valence-corrected chi connectivity index (χ2v) is 15.2. The minimum absolute atomic E-state index is 0.00265. The van der Waals surface area contributed by atoms with Crippen LogP contribution >= 0.6 is 0 Å². The van der Waals surface area contributed by atoms with Crippen molar-refractivity contribution in [2.75, 3.05) is 0 Å². The molecule has 1 aliphatic carbocycles. The van der Waals surface area contributed by atoms with Gasteiger partial charge in [0.05, 0.1) is 22.3 Å². The first-order chi connectivity index (χ1) is 21.8. The number of imidazole rings is 1. The number of pyridine rings is 1. The number of hydrogen-bond acceptors (Lipinski definition) is 3. The Morgan fingerprint density at radius 3 is 2.04 bits per heavy atom. The van der Waals surface area contributed by atoms with Crippen molar-refractivity contribution >= 4 is 11.0 Å². The van der Waals surface area contributed by atoms with Crippen LogP contribution in [0.15, 0.2) is 103 Å². The highest BCUT2D eigenvalue weighted by Gasteiger charge is 2.38. The molecule has 2 aromatic heterocycles. The van der Waals surface area contributed by atoms with E-state index in [-0.39, 0.29) is 22.0 Å². The van der Waals surface area contributed by atoms with Crippen LogP contribution in [0, 0.1) is 0 Å². The van der Waals surface area contributed by atoms with Gasteiger partial charge in [-0.1, -0.05) is 90.9 Å². The molecule has 0 bridgehead atoms. The SMILES string of the molecule is CC(C)(C)c1cc(-c2ccccn2)cc(-c2cccc3c2nc(-c2cc4c(cc2O)C(C)(C)CCC4(C)C)n3-c2ccccc2)c1. The molecule has 0 amide bonds. The smallest absolute Gasteiger partial charge is 0.149 e. The molecule has 0 saturated carbocycles. The summed E-state index contributed by atoms with van der Waals surface area (Å²) in [4.78, 5) is 10.1. The highest BCUT2D eigenvalue weighted by atomic mass is 16.3. The molecule has 0 atom stereocenters. The van der Waals surface area contributed by atoms with E-state index in [9.17, 15) is 5.11 Å². The Morgan fingerprint density at radius 1 is 0.696 bits per heavy atom. The third-order valence-corrected chi connectivity index (χ3v) is 9.98. The molecular weight excluding hydrogens is 562 g/mol. The summed E-state index contributed by atoms with van der Waals surface area (Å²) in [5.41, 5.74) is 11.5. The number of benzene rings is 4. The van der Waals surface area contributed by atoms with Crippen molar-refractivity contribution in [3.05, 3.63) is 120 Å². The van der Waals surface area contributed by atoms with Crippen molar-refractivity contribution in [1.29, 1.82) is 0 Å². The molecule has 0 aliphatic heterocycles. The fraction of sp³-hybridized carbons (Fsp3) is 0.286. The Morgan fingerprint density at radius 2 is 1.37 bits per heavy atom. The fourth-order valence-corrected chi connectivity index (χ4v) is 7.03. The van der Waals surface area contributed by atoms with Crippen LogP contribution in [0.1, 0.15) is 78.0 Å². The van der Waals surface area contributed by atoms with Gasteiger partial charge in [-0.2, -0.15) is 0 Å². The van der Waals surface area contributed by atoms with Gasteiger partial charge in [0.1, 0.15) is 11.6 Å². The van der Waals surface area contributed by atoms with E-state index in [1.54, 1.807) is 0 Å². The molecule has 0 radical (unpaired) electrons. The number of para-hydroxylation sites is 2. The number of phenolic OH excluding ortho intramolecular Hbond substituents is 1. The Labute approximate surface area is 272 Å². The van der Waals surface area contributed by atoms with Crippen LogP contribution in [-0.4, -0.2) is 19.6 Å². The van der Waals surface area contributed by atoms with Crippen molar-refractivity contribution in [3.63, 3.8) is 0 Å². The van der Waals surface area contributed by atoms with E-state index < -0.39 is 0 Å². The van der Waals surface area contributed by atoms with Crippen LogP contribution < -0.4 is 0 Å². The summed E-state index contributed by atoms with van der Waals surface area (Å²) in [6.45, 7) is 16.0. The van der Waals surface area contributed by atoms with E-state index in [2.05, 4.69) is 131 Å². The third kappa shape index (κ3) is 5.10. The van der Waals surface area contributed by atoms with Gasteiger partial charge in [0, 0.05) is 23.0 Å². The summed E-state index contributed by atoms with van der Waals surface area (Å²) in [6, 6.07) is 33.8. The van der Waals surface area contributed by atoms with Gasteiger partial charge in [0.25, 0.3) is 0 Å². The molecule has 6 aromatic rings. The highest BCUT2D eigenvalue weighted by Crippen LogP contribution is 2.49. The van der Waals surface area contributed by atoms with Gasteiger partial charge in [-0.25, -0.2) is 4.98 Å². The zero-order valence-electron chi connectivity index (χ0n) is 28.0. The number of fused-ring (bicyclic) bond motifs is 2. The largest absolute Gasteiger partial charge is 0.507 e. The maximum absolute atomic E-state index is 11.7. The van der Waals surface area contributed by atoms with Gasteiger partial charge < -0.3 is 5.11 Å². The van der Waals surface area contributed by atoms with Gasteiger partial charge in [-0.15, -0.1) is 0 Å². The first-order valence-corrected chi connectivity index (χ1v) is 16.4. The van der Waals surface area contributed by atoms with E-state index >= 15 is 0 Å². The van der Waals surface area contributed by atoms with Crippen molar-refractivity contribution in [2.24, 2.45) is 0 Å². The normalized spacial score (nSPS) is 15.5. The lowest BCUT2D eigenvalue weighted by atomic mass is 9.63. The van der Waals surface area contributed by atoms with Crippen LogP contribution in [0.5, 0.6) is 5.75 Å². The summed E-state index contributed by atoms with van der Waals surface area (Å²) in [6.07, 6.45) is 4.03. The Balaban J connectivity index is 1.52. The molecule has 0 spiro atoms. The van der Waals surface area contributed by atoms with Crippen LogP contribution in [0.3, 0.4) is 0 Å². The molecule has 0 saturated heterocycles. The molecule has 4 heteroatoms. The number of aromatic nitrogens is 3.